The van der Waals surface area contributed by atoms with Crippen molar-refractivity contribution in [3.05, 3.63) is 33.8 Å². The summed E-state index contributed by atoms with van der Waals surface area (Å²) in [6.45, 7) is 1.92. The lowest BCUT2D eigenvalue weighted by Gasteiger charge is -2.20. The van der Waals surface area contributed by atoms with Crippen molar-refractivity contribution in [2.45, 2.75) is 44.8 Å². The van der Waals surface area contributed by atoms with Gasteiger partial charge in [-0.2, -0.15) is 0 Å². The number of amides is 1. The molecule has 2 N–H and O–H groups in total. The fourth-order valence-electron chi connectivity index (χ4n) is 2.68. The monoisotopic (exact) mass is 315 g/mol. The first kappa shape index (κ1) is 15.6. The first-order valence-corrected chi connectivity index (χ1v) is 7.66. The average molecular weight is 316 g/mol. The number of nitrogens with one attached hydrogen (secondary N) is 1. The van der Waals surface area contributed by atoms with E-state index in [1.54, 1.807) is 18.2 Å². The van der Waals surface area contributed by atoms with Crippen LogP contribution in [0.3, 0.4) is 0 Å². The van der Waals surface area contributed by atoms with Gasteiger partial charge < -0.3 is 10.4 Å². The Kier molecular flexibility index (Phi) is 5.30. The van der Waals surface area contributed by atoms with Crippen molar-refractivity contribution in [1.82, 2.24) is 5.32 Å². The van der Waals surface area contributed by atoms with Crippen molar-refractivity contribution in [1.29, 1.82) is 0 Å². The van der Waals surface area contributed by atoms with Crippen LogP contribution in [0.15, 0.2) is 18.2 Å². The highest BCUT2D eigenvalue weighted by atomic mass is 35.5. The predicted molar refractivity (Wildman–Crippen MR) is 81.1 cm³/mol. The molecule has 3 atom stereocenters. The highest BCUT2D eigenvalue weighted by Crippen LogP contribution is 2.27. The third-order valence-corrected chi connectivity index (χ3v) is 4.49. The molecule has 0 bridgehead atoms. The normalized spacial score (nSPS) is 23.6. The number of benzene rings is 1. The summed E-state index contributed by atoms with van der Waals surface area (Å²) in [6.07, 6.45) is 2.44. The van der Waals surface area contributed by atoms with Gasteiger partial charge in [-0.1, -0.05) is 29.3 Å². The Labute approximate surface area is 129 Å². The second-order valence-corrected chi connectivity index (χ2v) is 6.23. The van der Waals surface area contributed by atoms with Crippen LogP contribution in [-0.2, 0) is 11.2 Å². The maximum Gasteiger partial charge on any atom is 0.225 e. The van der Waals surface area contributed by atoms with Gasteiger partial charge >= 0.3 is 0 Å². The minimum atomic E-state index is -0.508. The molecule has 3 unspecified atom stereocenters. The van der Waals surface area contributed by atoms with Crippen molar-refractivity contribution in [2.75, 3.05) is 0 Å². The van der Waals surface area contributed by atoms with Crippen LogP contribution in [-0.4, -0.2) is 23.2 Å². The maximum absolute atomic E-state index is 12.1. The zero-order valence-corrected chi connectivity index (χ0v) is 12.9. The van der Waals surface area contributed by atoms with Crippen LogP contribution in [0.1, 0.15) is 31.7 Å². The molecule has 1 saturated carbocycles. The van der Waals surface area contributed by atoms with Crippen LogP contribution in [0.4, 0.5) is 0 Å². The SMILES string of the molecule is CC(Cc1c(Cl)cccc1Cl)NC(=O)C1CCCC1O. The summed E-state index contributed by atoms with van der Waals surface area (Å²) < 4.78 is 0. The van der Waals surface area contributed by atoms with Crippen molar-refractivity contribution in [2.24, 2.45) is 5.92 Å². The molecule has 1 aromatic carbocycles. The van der Waals surface area contributed by atoms with Gasteiger partial charge in [0.2, 0.25) is 5.91 Å². The number of aliphatic hydroxyl groups is 1. The highest BCUT2D eigenvalue weighted by Gasteiger charge is 2.31. The zero-order valence-electron chi connectivity index (χ0n) is 11.4. The zero-order chi connectivity index (χ0) is 14.7. The summed E-state index contributed by atoms with van der Waals surface area (Å²) in [7, 11) is 0. The van der Waals surface area contributed by atoms with E-state index in [0.717, 1.165) is 18.4 Å². The topological polar surface area (TPSA) is 49.3 Å². The molecule has 20 heavy (non-hydrogen) atoms. The van der Waals surface area contributed by atoms with Gasteiger partial charge in [-0.15, -0.1) is 0 Å². The van der Waals surface area contributed by atoms with E-state index in [0.29, 0.717) is 22.9 Å². The van der Waals surface area contributed by atoms with E-state index in [2.05, 4.69) is 5.32 Å². The summed E-state index contributed by atoms with van der Waals surface area (Å²) in [6, 6.07) is 5.30. The first-order chi connectivity index (χ1) is 9.49. The molecule has 0 aromatic heterocycles. The molecule has 1 fully saturated rings. The summed E-state index contributed by atoms with van der Waals surface area (Å²) in [5, 5.41) is 13.9. The van der Waals surface area contributed by atoms with Crippen LogP contribution in [0.5, 0.6) is 0 Å². The lowest BCUT2D eigenvalue weighted by atomic mass is 10.0. The van der Waals surface area contributed by atoms with Crippen LogP contribution >= 0.6 is 23.2 Å². The molecule has 0 saturated heterocycles. The highest BCUT2D eigenvalue weighted by molar-refractivity contribution is 6.36. The number of aliphatic hydroxyl groups excluding tert-OH is 1. The van der Waals surface area contributed by atoms with Gasteiger partial charge in [0.05, 0.1) is 12.0 Å². The fraction of sp³-hybridized carbons (Fsp3) is 0.533. The number of carbonyl (C=O) groups excluding carboxylic acids is 1. The third kappa shape index (κ3) is 3.66. The molecule has 0 spiro atoms. The number of hydrogen-bond donors (Lipinski definition) is 2. The van der Waals surface area contributed by atoms with E-state index in [-0.39, 0.29) is 17.9 Å². The third-order valence-electron chi connectivity index (χ3n) is 3.78. The van der Waals surface area contributed by atoms with Gasteiger partial charge in [-0.3, -0.25) is 4.79 Å². The molecule has 0 aliphatic heterocycles. The molecule has 110 valence electrons. The Bertz CT molecular complexity index is 473. The van der Waals surface area contributed by atoms with E-state index < -0.39 is 6.10 Å². The van der Waals surface area contributed by atoms with Gasteiger partial charge in [0, 0.05) is 16.1 Å². The minimum Gasteiger partial charge on any atom is -0.392 e. The second-order valence-electron chi connectivity index (χ2n) is 5.42. The Hall–Kier alpha value is -0.770. The van der Waals surface area contributed by atoms with E-state index >= 15 is 0 Å². The predicted octanol–water partition coefficient (Wildman–Crippen LogP) is 3.20. The van der Waals surface area contributed by atoms with Gasteiger partial charge in [0.15, 0.2) is 0 Å². The van der Waals surface area contributed by atoms with E-state index in [4.69, 9.17) is 23.2 Å². The molecule has 1 aliphatic carbocycles. The summed E-state index contributed by atoms with van der Waals surface area (Å²) in [4.78, 5) is 12.1. The van der Waals surface area contributed by atoms with Crippen LogP contribution in [0.2, 0.25) is 10.0 Å². The standard InChI is InChI=1S/C15H19Cl2NO2/c1-9(8-11-12(16)5-3-6-13(11)17)18-15(20)10-4-2-7-14(10)19/h3,5-6,9-10,14,19H,2,4,7-8H2,1H3,(H,18,20). The largest absolute Gasteiger partial charge is 0.392 e. The maximum atomic E-state index is 12.1. The Morgan fingerprint density at radius 3 is 2.60 bits per heavy atom. The lowest BCUT2D eigenvalue weighted by molar-refractivity contribution is -0.128. The van der Waals surface area contributed by atoms with Crippen LogP contribution in [0, 0.1) is 5.92 Å². The average Bonchev–Trinajstić information content (AvgIpc) is 2.80. The number of hydrogen-bond acceptors (Lipinski definition) is 2. The summed E-state index contributed by atoms with van der Waals surface area (Å²) in [5.74, 6) is -0.357. The van der Waals surface area contributed by atoms with E-state index in [9.17, 15) is 9.90 Å². The van der Waals surface area contributed by atoms with Crippen molar-refractivity contribution in [3.8, 4) is 0 Å². The van der Waals surface area contributed by atoms with Gasteiger partial charge in [0.1, 0.15) is 0 Å². The van der Waals surface area contributed by atoms with Gasteiger partial charge in [-0.05, 0) is 50.3 Å². The Morgan fingerprint density at radius 1 is 1.40 bits per heavy atom. The quantitative estimate of drug-likeness (QED) is 0.896. The summed E-state index contributed by atoms with van der Waals surface area (Å²) >= 11 is 12.2. The number of halogens is 2. The number of rotatable bonds is 4. The van der Waals surface area contributed by atoms with Crippen molar-refractivity contribution >= 4 is 29.1 Å². The molecule has 0 heterocycles. The molecular formula is C15H19Cl2NO2. The second kappa shape index (κ2) is 6.79. The van der Waals surface area contributed by atoms with Crippen molar-refractivity contribution in [3.63, 3.8) is 0 Å². The van der Waals surface area contributed by atoms with Gasteiger partial charge in [-0.25, -0.2) is 0 Å². The molecule has 2 rings (SSSR count). The fourth-order valence-corrected chi connectivity index (χ4v) is 3.23. The van der Waals surface area contributed by atoms with E-state index in [1.807, 2.05) is 6.92 Å². The molecule has 3 nitrogen and oxygen atoms in total. The van der Waals surface area contributed by atoms with Gasteiger partial charge in [0.25, 0.3) is 0 Å². The minimum absolute atomic E-state index is 0.0762. The molecule has 0 radical (unpaired) electrons. The summed E-state index contributed by atoms with van der Waals surface area (Å²) in [5.41, 5.74) is 0.843. The molecule has 1 aromatic rings. The Morgan fingerprint density at radius 2 is 2.05 bits per heavy atom. The molecule has 1 amide bonds. The van der Waals surface area contributed by atoms with Crippen LogP contribution in [0.25, 0.3) is 0 Å². The Balaban J connectivity index is 1.95. The lowest BCUT2D eigenvalue weighted by Crippen LogP contribution is -2.40. The smallest absolute Gasteiger partial charge is 0.225 e. The molecule has 5 heteroatoms. The first-order valence-electron chi connectivity index (χ1n) is 6.90. The van der Waals surface area contributed by atoms with E-state index in [1.165, 1.54) is 0 Å². The van der Waals surface area contributed by atoms with Crippen LogP contribution < -0.4 is 5.32 Å². The molecule has 1 aliphatic rings. The molecular weight excluding hydrogens is 297 g/mol. The van der Waals surface area contributed by atoms with Crippen molar-refractivity contribution < 1.29 is 9.90 Å². The number of carbonyl (C=O) groups is 1.